The lowest BCUT2D eigenvalue weighted by atomic mass is 9.91. The normalized spacial score (nSPS) is 26.0. The topological polar surface area (TPSA) is 84.3 Å². The van der Waals surface area contributed by atoms with Crippen LogP contribution in [0.1, 0.15) is 61.6 Å². The molecule has 8 nitrogen and oxygen atoms in total. The van der Waals surface area contributed by atoms with Crippen molar-refractivity contribution in [2.75, 3.05) is 39.3 Å². The highest BCUT2D eigenvalue weighted by Crippen LogP contribution is 2.29. The summed E-state index contributed by atoms with van der Waals surface area (Å²) in [5.41, 5.74) is 1.64. The third-order valence-corrected chi connectivity index (χ3v) is 6.30. The van der Waals surface area contributed by atoms with E-state index in [1.54, 1.807) is 0 Å². The lowest BCUT2D eigenvalue weighted by Gasteiger charge is -2.35. The van der Waals surface area contributed by atoms with Gasteiger partial charge in [0, 0.05) is 25.6 Å². The summed E-state index contributed by atoms with van der Waals surface area (Å²) in [6, 6.07) is 0. The van der Waals surface area contributed by atoms with Crippen molar-refractivity contribution < 1.29 is 9.53 Å². The Kier molecular flexibility index (Phi) is 9.81. The SMILES string of the molecule is C[C@@H]1CN(C(=O)c2nnn(CC3CCNCC3)c2C2CCNCC2)C[C@H](C)O1.Cl.Cl. The average Bonchev–Trinajstić information content (AvgIpc) is 3.11. The molecule has 1 amide bonds. The molecule has 0 aliphatic carbocycles. The Bertz CT molecular complexity index is 666. The Labute approximate surface area is 191 Å². The van der Waals surface area contributed by atoms with Crippen LogP contribution >= 0.6 is 24.8 Å². The predicted octanol–water partition coefficient (Wildman–Crippen LogP) is 1.84. The van der Waals surface area contributed by atoms with Gasteiger partial charge in [-0.3, -0.25) is 4.79 Å². The lowest BCUT2D eigenvalue weighted by Crippen LogP contribution is -2.48. The van der Waals surface area contributed by atoms with Crippen LogP contribution in [0.2, 0.25) is 0 Å². The van der Waals surface area contributed by atoms with Crippen molar-refractivity contribution >= 4 is 30.7 Å². The highest BCUT2D eigenvalue weighted by atomic mass is 35.5. The number of aromatic nitrogens is 3. The zero-order valence-corrected chi connectivity index (χ0v) is 19.6. The van der Waals surface area contributed by atoms with Gasteiger partial charge in [-0.25, -0.2) is 4.68 Å². The maximum Gasteiger partial charge on any atom is 0.276 e. The van der Waals surface area contributed by atoms with Gasteiger partial charge in [-0.05, 0) is 71.6 Å². The second-order valence-electron chi connectivity index (χ2n) is 8.69. The van der Waals surface area contributed by atoms with Crippen LogP contribution in [0.25, 0.3) is 0 Å². The molecule has 10 heteroatoms. The summed E-state index contributed by atoms with van der Waals surface area (Å²) < 4.78 is 7.87. The summed E-state index contributed by atoms with van der Waals surface area (Å²) >= 11 is 0. The Balaban J connectivity index is 0.00000160. The van der Waals surface area contributed by atoms with Gasteiger partial charge in [-0.1, -0.05) is 5.21 Å². The number of piperidine rings is 2. The van der Waals surface area contributed by atoms with Crippen LogP contribution in [-0.4, -0.2) is 77.3 Å². The number of rotatable bonds is 4. The summed E-state index contributed by atoms with van der Waals surface area (Å²) in [6.45, 7) is 10.3. The molecule has 30 heavy (non-hydrogen) atoms. The van der Waals surface area contributed by atoms with E-state index in [1.165, 1.54) is 0 Å². The first-order chi connectivity index (χ1) is 13.6. The van der Waals surface area contributed by atoms with E-state index in [-0.39, 0.29) is 42.9 Å². The minimum absolute atomic E-state index is 0. The van der Waals surface area contributed by atoms with E-state index in [0.717, 1.165) is 64.1 Å². The molecule has 3 saturated heterocycles. The van der Waals surface area contributed by atoms with Crippen LogP contribution in [0.5, 0.6) is 0 Å². The fourth-order valence-corrected chi connectivity index (χ4v) is 4.91. The van der Waals surface area contributed by atoms with Crippen molar-refractivity contribution in [2.45, 2.75) is 64.2 Å². The summed E-state index contributed by atoms with van der Waals surface area (Å²) in [5.74, 6) is 0.981. The molecule has 4 rings (SSSR count). The van der Waals surface area contributed by atoms with Gasteiger partial charge in [0.1, 0.15) is 0 Å². The van der Waals surface area contributed by atoms with E-state index in [1.807, 2.05) is 18.7 Å². The fourth-order valence-electron chi connectivity index (χ4n) is 4.91. The van der Waals surface area contributed by atoms with E-state index < -0.39 is 0 Å². The first-order valence-electron chi connectivity index (χ1n) is 10.9. The third kappa shape index (κ3) is 5.85. The number of ether oxygens (including phenoxy) is 1. The molecule has 3 fully saturated rings. The first-order valence-corrected chi connectivity index (χ1v) is 10.9. The van der Waals surface area contributed by atoms with Crippen LogP contribution < -0.4 is 10.6 Å². The number of hydrogen-bond acceptors (Lipinski definition) is 6. The molecule has 0 unspecified atom stereocenters. The Morgan fingerprint density at radius 2 is 1.57 bits per heavy atom. The molecule has 3 aliphatic rings. The van der Waals surface area contributed by atoms with Crippen molar-refractivity contribution in [1.29, 1.82) is 0 Å². The third-order valence-electron chi connectivity index (χ3n) is 6.30. The van der Waals surface area contributed by atoms with Gasteiger partial charge in [0.15, 0.2) is 5.69 Å². The highest BCUT2D eigenvalue weighted by Gasteiger charge is 2.34. The maximum atomic E-state index is 13.4. The molecule has 3 aliphatic heterocycles. The van der Waals surface area contributed by atoms with Crippen LogP contribution in [0.3, 0.4) is 0 Å². The molecular formula is C20H36Cl2N6O2. The minimum Gasteiger partial charge on any atom is -0.372 e. The standard InChI is InChI=1S/C20H34N6O2.2ClH/c1-14-11-25(12-15(2)28-14)20(27)18-19(17-5-9-22-10-6-17)26(24-23-18)13-16-3-7-21-8-4-16;;/h14-17,21-22H,3-13H2,1-2H3;2*1H/t14-,15+;;. The molecule has 2 atom stereocenters. The summed E-state index contributed by atoms with van der Waals surface area (Å²) in [4.78, 5) is 15.3. The van der Waals surface area contributed by atoms with Crippen LogP contribution in [0, 0.1) is 5.92 Å². The molecule has 0 spiro atoms. The van der Waals surface area contributed by atoms with Crippen LogP contribution in [-0.2, 0) is 11.3 Å². The Hall–Kier alpha value is -0.930. The van der Waals surface area contributed by atoms with E-state index in [9.17, 15) is 4.79 Å². The molecule has 0 saturated carbocycles. The van der Waals surface area contributed by atoms with Gasteiger partial charge in [-0.2, -0.15) is 0 Å². The first kappa shape index (κ1) is 25.3. The van der Waals surface area contributed by atoms with Gasteiger partial charge in [-0.15, -0.1) is 29.9 Å². The van der Waals surface area contributed by atoms with Gasteiger partial charge >= 0.3 is 0 Å². The molecule has 0 aromatic carbocycles. The minimum atomic E-state index is 0. The molecule has 4 heterocycles. The highest BCUT2D eigenvalue weighted by molar-refractivity contribution is 5.93. The molecular weight excluding hydrogens is 427 g/mol. The summed E-state index contributed by atoms with van der Waals surface area (Å²) in [5, 5.41) is 15.8. The van der Waals surface area contributed by atoms with Crippen molar-refractivity contribution in [3.63, 3.8) is 0 Å². The molecule has 0 radical (unpaired) electrons. The molecule has 172 valence electrons. The number of hydrogen-bond donors (Lipinski definition) is 2. The number of morpholine rings is 1. The molecule has 1 aromatic heterocycles. The number of carbonyl (C=O) groups excluding carboxylic acids is 1. The summed E-state index contributed by atoms with van der Waals surface area (Å²) in [6.07, 6.45) is 4.51. The average molecular weight is 463 g/mol. The van der Waals surface area contributed by atoms with Gasteiger partial charge < -0.3 is 20.3 Å². The Morgan fingerprint density at radius 3 is 2.17 bits per heavy atom. The molecule has 2 N–H and O–H groups in total. The quantitative estimate of drug-likeness (QED) is 0.709. The van der Waals surface area contributed by atoms with Gasteiger partial charge in [0.25, 0.3) is 5.91 Å². The van der Waals surface area contributed by atoms with Crippen LogP contribution in [0.15, 0.2) is 0 Å². The second-order valence-corrected chi connectivity index (χ2v) is 8.69. The summed E-state index contributed by atoms with van der Waals surface area (Å²) in [7, 11) is 0. The van der Waals surface area contributed by atoms with Crippen molar-refractivity contribution in [3.8, 4) is 0 Å². The Morgan fingerprint density at radius 1 is 1.00 bits per heavy atom. The van der Waals surface area contributed by atoms with E-state index in [4.69, 9.17) is 4.74 Å². The largest absolute Gasteiger partial charge is 0.372 e. The van der Waals surface area contributed by atoms with Crippen molar-refractivity contribution in [1.82, 2.24) is 30.5 Å². The fraction of sp³-hybridized carbons (Fsp3) is 0.850. The molecule has 1 aromatic rings. The monoisotopic (exact) mass is 462 g/mol. The zero-order chi connectivity index (χ0) is 19.5. The number of halogens is 2. The second kappa shape index (κ2) is 11.6. The smallest absolute Gasteiger partial charge is 0.276 e. The van der Waals surface area contributed by atoms with Crippen molar-refractivity contribution in [2.24, 2.45) is 5.92 Å². The van der Waals surface area contributed by atoms with Crippen molar-refractivity contribution in [3.05, 3.63) is 11.4 Å². The van der Waals surface area contributed by atoms with E-state index >= 15 is 0 Å². The van der Waals surface area contributed by atoms with E-state index in [0.29, 0.717) is 30.6 Å². The number of nitrogens with zero attached hydrogens (tertiary/aromatic N) is 4. The molecule has 0 bridgehead atoms. The van der Waals surface area contributed by atoms with Crippen LogP contribution in [0.4, 0.5) is 0 Å². The van der Waals surface area contributed by atoms with Gasteiger partial charge in [0.2, 0.25) is 0 Å². The van der Waals surface area contributed by atoms with E-state index in [2.05, 4.69) is 25.6 Å². The maximum absolute atomic E-state index is 13.4. The number of nitrogens with one attached hydrogen (secondary N) is 2. The predicted molar refractivity (Wildman–Crippen MR) is 121 cm³/mol. The number of carbonyl (C=O) groups is 1. The number of amides is 1. The lowest BCUT2D eigenvalue weighted by molar-refractivity contribution is -0.0587. The zero-order valence-electron chi connectivity index (χ0n) is 18.0. The van der Waals surface area contributed by atoms with Gasteiger partial charge in [0.05, 0.1) is 17.9 Å².